The zero-order valence-electron chi connectivity index (χ0n) is 15.6. The second-order valence-electron chi connectivity index (χ2n) is 7.61. The number of Topliss-reactive ketones (excluding diaryl/α,β-unsaturated/α-hetero) is 1. The topological polar surface area (TPSA) is 54.5 Å². The van der Waals surface area contributed by atoms with Gasteiger partial charge in [-0.25, -0.2) is 4.39 Å². The molecule has 144 valence electrons. The number of hydrogen-bond donors (Lipinski definition) is 0. The molecule has 4 rings (SSSR count). The lowest BCUT2D eigenvalue weighted by molar-refractivity contribution is -0.127. The van der Waals surface area contributed by atoms with Crippen LogP contribution >= 0.6 is 0 Å². The number of halogens is 1. The van der Waals surface area contributed by atoms with Crippen molar-refractivity contribution in [1.29, 1.82) is 0 Å². The third-order valence-electron chi connectivity index (χ3n) is 5.82. The van der Waals surface area contributed by atoms with E-state index in [1.807, 2.05) is 0 Å². The first-order valence-electron chi connectivity index (χ1n) is 9.81. The van der Waals surface area contributed by atoms with Crippen LogP contribution < -0.4 is 0 Å². The second kappa shape index (κ2) is 7.66. The van der Waals surface area contributed by atoms with Crippen molar-refractivity contribution in [2.45, 2.75) is 44.6 Å². The summed E-state index contributed by atoms with van der Waals surface area (Å²) in [6.45, 7) is 0. The van der Waals surface area contributed by atoms with Crippen molar-refractivity contribution in [3.63, 3.8) is 0 Å². The summed E-state index contributed by atoms with van der Waals surface area (Å²) in [7, 11) is 0. The lowest BCUT2D eigenvalue weighted by Crippen LogP contribution is -2.48. The van der Waals surface area contributed by atoms with Crippen LogP contribution in [0.15, 0.2) is 48.5 Å². The lowest BCUT2D eigenvalue weighted by atomic mass is 9.82. The quantitative estimate of drug-likeness (QED) is 0.732. The Labute approximate surface area is 163 Å². The van der Waals surface area contributed by atoms with Crippen LogP contribution in [0, 0.1) is 11.7 Å². The largest absolute Gasteiger partial charge is 0.297 e. The van der Waals surface area contributed by atoms with Crippen LogP contribution in [-0.4, -0.2) is 28.5 Å². The highest BCUT2D eigenvalue weighted by Gasteiger charge is 2.44. The van der Waals surface area contributed by atoms with Crippen molar-refractivity contribution in [3.8, 4) is 0 Å². The van der Waals surface area contributed by atoms with Crippen LogP contribution in [0.1, 0.15) is 58.4 Å². The molecule has 4 nitrogen and oxygen atoms in total. The van der Waals surface area contributed by atoms with Crippen molar-refractivity contribution in [1.82, 2.24) is 4.90 Å². The molecule has 1 atom stereocenters. The van der Waals surface area contributed by atoms with Crippen LogP contribution in [0.5, 0.6) is 0 Å². The number of carbonyl (C=O) groups is 3. The van der Waals surface area contributed by atoms with Gasteiger partial charge in [0.15, 0.2) is 5.78 Å². The molecule has 2 amide bonds. The molecule has 1 saturated carbocycles. The highest BCUT2D eigenvalue weighted by atomic mass is 19.1. The zero-order chi connectivity index (χ0) is 19.7. The molecule has 5 heteroatoms. The average molecular weight is 379 g/mol. The van der Waals surface area contributed by atoms with E-state index in [2.05, 4.69) is 0 Å². The van der Waals surface area contributed by atoms with Gasteiger partial charge < -0.3 is 0 Å². The molecule has 28 heavy (non-hydrogen) atoms. The van der Waals surface area contributed by atoms with Gasteiger partial charge in [-0.05, 0) is 42.7 Å². The smallest absolute Gasteiger partial charge is 0.262 e. The second-order valence-corrected chi connectivity index (χ2v) is 7.61. The zero-order valence-corrected chi connectivity index (χ0v) is 15.6. The summed E-state index contributed by atoms with van der Waals surface area (Å²) < 4.78 is 13.3. The minimum atomic E-state index is -0.860. The van der Waals surface area contributed by atoms with Crippen LogP contribution in [0.3, 0.4) is 0 Å². The number of carbonyl (C=O) groups excluding carboxylic acids is 3. The van der Waals surface area contributed by atoms with E-state index in [1.165, 1.54) is 12.1 Å². The number of rotatable bonds is 5. The number of ketones is 1. The summed E-state index contributed by atoms with van der Waals surface area (Å²) in [5, 5.41) is 0. The predicted molar refractivity (Wildman–Crippen MR) is 102 cm³/mol. The molecule has 2 aromatic rings. The number of imide groups is 1. The first-order chi connectivity index (χ1) is 13.6. The minimum Gasteiger partial charge on any atom is -0.297 e. The molecule has 1 heterocycles. The van der Waals surface area contributed by atoms with E-state index in [4.69, 9.17) is 0 Å². The van der Waals surface area contributed by atoms with E-state index in [-0.39, 0.29) is 23.9 Å². The molecule has 2 aromatic carbocycles. The predicted octanol–water partition coefficient (Wildman–Crippen LogP) is 4.18. The first-order valence-corrected chi connectivity index (χ1v) is 9.81. The fraction of sp³-hybridized carbons (Fsp3) is 0.348. The Bertz CT molecular complexity index is 881. The van der Waals surface area contributed by atoms with E-state index in [0.29, 0.717) is 11.1 Å². The van der Waals surface area contributed by atoms with E-state index in [9.17, 15) is 18.8 Å². The van der Waals surface area contributed by atoms with Crippen molar-refractivity contribution < 1.29 is 18.8 Å². The number of amides is 2. The SMILES string of the molecule is O=C(C1CCCCC1)[C@H](Cc1ccc(F)cc1)N1C(=O)c2ccccc2C1=O. The minimum absolute atomic E-state index is 0.0569. The van der Waals surface area contributed by atoms with Crippen molar-refractivity contribution >= 4 is 17.6 Å². The van der Waals surface area contributed by atoms with Crippen LogP contribution in [0.4, 0.5) is 4.39 Å². The highest BCUT2D eigenvalue weighted by molar-refractivity contribution is 6.23. The monoisotopic (exact) mass is 379 g/mol. The Balaban J connectivity index is 1.68. The summed E-state index contributed by atoms with van der Waals surface area (Å²) in [5.41, 5.74) is 1.41. The van der Waals surface area contributed by atoms with Crippen molar-refractivity contribution in [2.24, 2.45) is 5.92 Å². The summed E-state index contributed by atoms with van der Waals surface area (Å²) in [5.74, 6) is -1.39. The van der Waals surface area contributed by atoms with Gasteiger partial charge >= 0.3 is 0 Å². The Kier molecular flexibility index (Phi) is 5.07. The average Bonchev–Trinajstić information content (AvgIpc) is 2.98. The standard InChI is InChI=1S/C23H22FNO3/c24-17-12-10-15(11-13-17)14-20(21(26)16-6-2-1-3-7-16)25-22(27)18-8-4-5-9-19(18)23(25)28/h4-5,8-13,16,20H,1-3,6-7,14H2/t20-/m0/s1. The van der Waals surface area contributed by atoms with Crippen molar-refractivity contribution in [3.05, 3.63) is 71.0 Å². The fourth-order valence-electron chi connectivity index (χ4n) is 4.31. The summed E-state index contributed by atoms with van der Waals surface area (Å²) in [6, 6.07) is 11.7. The summed E-state index contributed by atoms with van der Waals surface area (Å²) in [4.78, 5) is 40.5. The molecule has 0 N–H and O–H groups in total. The van der Waals surface area contributed by atoms with Gasteiger partial charge in [0.25, 0.3) is 11.8 Å². The molecule has 0 aromatic heterocycles. The molecule has 0 unspecified atom stereocenters. The molecule has 1 aliphatic carbocycles. The van der Waals surface area contributed by atoms with Gasteiger partial charge in [0, 0.05) is 12.3 Å². The van der Waals surface area contributed by atoms with Crippen molar-refractivity contribution in [2.75, 3.05) is 0 Å². The number of nitrogens with zero attached hydrogens (tertiary/aromatic N) is 1. The Hall–Kier alpha value is -2.82. The van der Waals surface area contributed by atoms with Crippen LogP contribution in [-0.2, 0) is 11.2 Å². The van der Waals surface area contributed by atoms with E-state index in [1.54, 1.807) is 36.4 Å². The highest BCUT2D eigenvalue weighted by Crippen LogP contribution is 2.31. The van der Waals surface area contributed by atoms with Gasteiger partial charge in [-0.15, -0.1) is 0 Å². The fourth-order valence-corrected chi connectivity index (χ4v) is 4.31. The van der Waals surface area contributed by atoms with E-state index in [0.717, 1.165) is 42.6 Å². The molecule has 0 bridgehead atoms. The summed E-state index contributed by atoms with van der Waals surface area (Å²) >= 11 is 0. The molecular formula is C23H22FNO3. The molecule has 0 saturated heterocycles. The molecule has 1 fully saturated rings. The number of hydrogen-bond acceptors (Lipinski definition) is 3. The Morgan fingerprint density at radius 1 is 0.929 bits per heavy atom. The van der Waals surface area contributed by atoms with Gasteiger partial charge in [0.1, 0.15) is 11.9 Å². The lowest BCUT2D eigenvalue weighted by Gasteiger charge is -2.30. The van der Waals surface area contributed by atoms with Crippen LogP contribution in [0.25, 0.3) is 0 Å². The maximum absolute atomic E-state index is 13.4. The number of fused-ring (bicyclic) bond motifs is 1. The molecular weight excluding hydrogens is 357 g/mol. The maximum Gasteiger partial charge on any atom is 0.262 e. The van der Waals surface area contributed by atoms with Gasteiger partial charge in [-0.2, -0.15) is 0 Å². The first kappa shape index (κ1) is 18.5. The number of benzene rings is 2. The Morgan fingerprint density at radius 3 is 2.07 bits per heavy atom. The summed E-state index contributed by atoms with van der Waals surface area (Å²) in [6.07, 6.45) is 4.88. The van der Waals surface area contributed by atoms with Gasteiger partial charge in [-0.1, -0.05) is 43.5 Å². The van der Waals surface area contributed by atoms with Gasteiger partial charge in [0.05, 0.1) is 11.1 Å². The van der Waals surface area contributed by atoms with E-state index < -0.39 is 17.9 Å². The molecule has 2 aliphatic rings. The Morgan fingerprint density at radius 2 is 1.50 bits per heavy atom. The molecule has 0 spiro atoms. The van der Waals surface area contributed by atoms with Gasteiger partial charge in [-0.3, -0.25) is 19.3 Å². The van der Waals surface area contributed by atoms with E-state index >= 15 is 0 Å². The normalized spacial score (nSPS) is 18.2. The third-order valence-corrected chi connectivity index (χ3v) is 5.82. The third kappa shape index (κ3) is 3.37. The maximum atomic E-state index is 13.4. The molecule has 1 aliphatic heterocycles. The molecule has 0 radical (unpaired) electrons. The van der Waals surface area contributed by atoms with Crippen LogP contribution in [0.2, 0.25) is 0 Å². The van der Waals surface area contributed by atoms with Gasteiger partial charge in [0.2, 0.25) is 0 Å².